The number of carboxylic acid groups (broad SMARTS) is 1. The Labute approximate surface area is 144 Å². The highest BCUT2D eigenvalue weighted by Gasteiger charge is 2.19. The van der Waals surface area contributed by atoms with Gasteiger partial charge < -0.3 is 21.5 Å². The van der Waals surface area contributed by atoms with Gasteiger partial charge in [-0.15, -0.1) is 0 Å². The first-order chi connectivity index (χ1) is 12.0. The van der Waals surface area contributed by atoms with E-state index in [9.17, 15) is 14.4 Å². The lowest BCUT2D eigenvalue weighted by molar-refractivity contribution is -0.141. The van der Waals surface area contributed by atoms with Crippen LogP contribution < -0.4 is 16.4 Å². The molecule has 1 unspecified atom stereocenters. The summed E-state index contributed by atoms with van der Waals surface area (Å²) in [6.45, 7) is 0.104. The van der Waals surface area contributed by atoms with E-state index in [0.29, 0.717) is 25.1 Å². The second-order valence-electron chi connectivity index (χ2n) is 5.16. The third kappa shape index (κ3) is 7.34. The number of amides is 2. The van der Waals surface area contributed by atoms with E-state index < -0.39 is 23.8 Å². The van der Waals surface area contributed by atoms with Gasteiger partial charge in [-0.2, -0.15) is 0 Å². The second-order valence-corrected chi connectivity index (χ2v) is 5.16. The van der Waals surface area contributed by atoms with E-state index in [4.69, 9.17) is 16.4 Å². The Kier molecular flexibility index (Phi) is 8.48. The number of nitrogens with two attached hydrogens (primary N) is 1. The molecule has 0 saturated carbocycles. The third-order valence-electron chi connectivity index (χ3n) is 3.28. The molecule has 0 radical (unpaired) electrons. The summed E-state index contributed by atoms with van der Waals surface area (Å²) in [5.74, 6) is -2.23. The molecule has 1 rings (SSSR count). The van der Waals surface area contributed by atoms with Crippen LogP contribution in [0, 0.1) is 0 Å². The van der Waals surface area contributed by atoms with Gasteiger partial charge in [0.1, 0.15) is 6.04 Å². The Morgan fingerprint density at radius 1 is 1.24 bits per heavy atom. The van der Waals surface area contributed by atoms with Gasteiger partial charge in [0.15, 0.2) is 0 Å². The number of carbonyl (C=O) groups is 3. The number of azide groups is 1. The first kappa shape index (κ1) is 19.9. The largest absolute Gasteiger partial charge is 0.480 e. The van der Waals surface area contributed by atoms with Crippen molar-refractivity contribution in [1.82, 2.24) is 10.6 Å². The molecule has 134 valence electrons. The summed E-state index contributed by atoms with van der Waals surface area (Å²) < 4.78 is 0. The Bertz CT molecular complexity index is 654. The van der Waals surface area contributed by atoms with Crippen molar-refractivity contribution in [3.8, 4) is 0 Å². The van der Waals surface area contributed by atoms with Crippen LogP contribution in [0.4, 0.5) is 5.69 Å². The fourth-order valence-electron chi connectivity index (χ4n) is 1.99. The standard InChI is InChI=1S/C15H20N6O4/c16-8-2-1-3-12(15(24)25)19-13(22)9-18-14(23)10-4-6-11(7-5-10)20-21-17/h4-7,12H,1-3,8-9,16H2,(H,18,23)(H,19,22)(H,24,25). The van der Waals surface area contributed by atoms with Gasteiger partial charge in [-0.1, -0.05) is 17.2 Å². The smallest absolute Gasteiger partial charge is 0.326 e. The van der Waals surface area contributed by atoms with Crippen LogP contribution in [0.5, 0.6) is 0 Å². The lowest BCUT2D eigenvalue weighted by Gasteiger charge is -2.14. The van der Waals surface area contributed by atoms with Crippen molar-refractivity contribution >= 4 is 23.5 Å². The molecule has 0 spiro atoms. The number of nitrogens with zero attached hydrogens (tertiary/aromatic N) is 3. The van der Waals surface area contributed by atoms with Crippen LogP contribution in [0.1, 0.15) is 29.6 Å². The molecule has 1 aromatic carbocycles. The summed E-state index contributed by atoms with van der Waals surface area (Å²) in [4.78, 5) is 37.5. The van der Waals surface area contributed by atoms with Crippen molar-refractivity contribution in [2.45, 2.75) is 25.3 Å². The fourth-order valence-corrected chi connectivity index (χ4v) is 1.99. The zero-order valence-electron chi connectivity index (χ0n) is 13.5. The molecule has 25 heavy (non-hydrogen) atoms. The summed E-state index contributed by atoms with van der Waals surface area (Å²) in [6.07, 6.45) is 1.52. The predicted octanol–water partition coefficient (Wildman–Crippen LogP) is 1.06. The molecule has 0 heterocycles. The van der Waals surface area contributed by atoms with Crippen LogP contribution in [-0.2, 0) is 9.59 Å². The molecule has 0 aliphatic rings. The highest BCUT2D eigenvalue weighted by molar-refractivity contribution is 5.97. The Morgan fingerprint density at radius 3 is 2.48 bits per heavy atom. The molecule has 0 aliphatic heterocycles. The van der Waals surface area contributed by atoms with Crippen LogP contribution >= 0.6 is 0 Å². The molecule has 0 bridgehead atoms. The minimum Gasteiger partial charge on any atom is -0.480 e. The average Bonchev–Trinajstić information content (AvgIpc) is 2.59. The first-order valence-electron chi connectivity index (χ1n) is 7.63. The molecule has 1 atom stereocenters. The van der Waals surface area contributed by atoms with Crippen molar-refractivity contribution < 1.29 is 19.5 Å². The summed E-state index contributed by atoms with van der Waals surface area (Å²) in [7, 11) is 0. The maximum atomic E-state index is 11.9. The second kappa shape index (κ2) is 10.6. The Morgan fingerprint density at radius 2 is 1.92 bits per heavy atom. The number of hydrogen-bond acceptors (Lipinski definition) is 5. The van der Waals surface area contributed by atoms with E-state index in [0.717, 1.165) is 0 Å². The monoisotopic (exact) mass is 348 g/mol. The summed E-state index contributed by atoms with van der Waals surface area (Å²) in [5.41, 5.74) is 14.3. The minimum absolute atomic E-state index is 0.271. The third-order valence-corrected chi connectivity index (χ3v) is 3.28. The molecular weight excluding hydrogens is 328 g/mol. The van der Waals surface area contributed by atoms with Crippen LogP contribution in [0.3, 0.4) is 0 Å². The average molecular weight is 348 g/mol. The van der Waals surface area contributed by atoms with E-state index in [-0.39, 0.29) is 18.5 Å². The van der Waals surface area contributed by atoms with Crippen molar-refractivity contribution in [3.63, 3.8) is 0 Å². The topological polar surface area (TPSA) is 170 Å². The van der Waals surface area contributed by atoms with Crippen LogP contribution in [0.25, 0.3) is 10.4 Å². The van der Waals surface area contributed by atoms with E-state index >= 15 is 0 Å². The molecule has 5 N–H and O–H groups in total. The van der Waals surface area contributed by atoms with Gasteiger partial charge in [0.25, 0.3) is 5.91 Å². The van der Waals surface area contributed by atoms with E-state index in [1.54, 1.807) is 0 Å². The minimum atomic E-state index is -1.13. The number of aliphatic carboxylic acids is 1. The number of benzene rings is 1. The molecule has 0 aromatic heterocycles. The van der Waals surface area contributed by atoms with Crippen LogP contribution in [0.15, 0.2) is 29.4 Å². The quantitative estimate of drug-likeness (QED) is 0.214. The number of rotatable bonds is 10. The number of nitrogens with one attached hydrogen (secondary N) is 2. The first-order valence-corrected chi connectivity index (χ1v) is 7.63. The molecule has 0 saturated heterocycles. The van der Waals surface area contributed by atoms with Gasteiger partial charge in [-0.25, -0.2) is 4.79 Å². The molecule has 10 nitrogen and oxygen atoms in total. The number of unbranched alkanes of at least 4 members (excludes halogenated alkanes) is 1. The van der Waals surface area contributed by atoms with Crippen LogP contribution in [-0.4, -0.2) is 42.0 Å². The van der Waals surface area contributed by atoms with Crippen molar-refractivity contribution in [2.24, 2.45) is 10.8 Å². The lowest BCUT2D eigenvalue weighted by atomic mass is 10.1. The van der Waals surface area contributed by atoms with E-state index in [2.05, 4.69) is 20.7 Å². The Balaban J connectivity index is 2.49. The van der Waals surface area contributed by atoms with Gasteiger partial charge in [-0.05, 0) is 43.5 Å². The van der Waals surface area contributed by atoms with Crippen molar-refractivity contribution in [3.05, 3.63) is 40.3 Å². The van der Waals surface area contributed by atoms with E-state index in [1.165, 1.54) is 24.3 Å². The summed E-state index contributed by atoms with van der Waals surface area (Å²) >= 11 is 0. The van der Waals surface area contributed by atoms with Gasteiger partial charge in [0.2, 0.25) is 5.91 Å². The number of carbonyl (C=O) groups excluding carboxylic acids is 2. The maximum Gasteiger partial charge on any atom is 0.326 e. The highest BCUT2D eigenvalue weighted by Crippen LogP contribution is 2.12. The molecule has 10 heteroatoms. The predicted molar refractivity (Wildman–Crippen MR) is 90.1 cm³/mol. The fraction of sp³-hybridized carbons (Fsp3) is 0.400. The number of hydrogen-bond donors (Lipinski definition) is 4. The number of carboxylic acids is 1. The molecule has 1 aromatic rings. The zero-order valence-corrected chi connectivity index (χ0v) is 13.5. The van der Waals surface area contributed by atoms with Gasteiger partial charge in [0, 0.05) is 16.2 Å². The van der Waals surface area contributed by atoms with E-state index in [1.807, 2.05) is 0 Å². The SMILES string of the molecule is [N-]=[N+]=Nc1ccc(C(=O)NCC(=O)NC(CCCCN)C(=O)O)cc1. The molecular formula is C15H20N6O4. The Hall–Kier alpha value is -3.10. The van der Waals surface area contributed by atoms with Gasteiger partial charge >= 0.3 is 5.97 Å². The van der Waals surface area contributed by atoms with Gasteiger partial charge in [-0.3, -0.25) is 9.59 Å². The zero-order chi connectivity index (χ0) is 18.7. The van der Waals surface area contributed by atoms with Crippen molar-refractivity contribution in [1.29, 1.82) is 0 Å². The summed E-state index contributed by atoms with van der Waals surface area (Å²) in [5, 5.41) is 17.2. The normalized spacial score (nSPS) is 11.1. The maximum absolute atomic E-state index is 11.9. The lowest BCUT2D eigenvalue weighted by Crippen LogP contribution is -2.45. The molecule has 2 amide bonds. The molecule has 0 aliphatic carbocycles. The van der Waals surface area contributed by atoms with Crippen LogP contribution in [0.2, 0.25) is 0 Å². The van der Waals surface area contributed by atoms with Crippen molar-refractivity contribution in [2.75, 3.05) is 13.1 Å². The highest BCUT2D eigenvalue weighted by atomic mass is 16.4. The van der Waals surface area contributed by atoms with Gasteiger partial charge in [0.05, 0.1) is 6.54 Å². The molecule has 0 fully saturated rings. The summed E-state index contributed by atoms with van der Waals surface area (Å²) in [6, 6.07) is 4.81.